The zero-order chi connectivity index (χ0) is 39.0. The van der Waals surface area contributed by atoms with Gasteiger partial charge in [0, 0.05) is 43.9 Å². The van der Waals surface area contributed by atoms with E-state index in [1.165, 1.54) is 19.3 Å². The lowest BCUT2D eigenvalue weighted by molar-refractivity contribution is -0.141. The van der Waals surface area contributed by atoms with Gasteiger partial charge in [-0.1, -0.05) is 42.5 Å². The summed E-state index contributed by atoms with van der Waals surface area (Å²) in [4.78, 5) is 20.2. The maximum absolute atomic E-state index is 14.4. The number of aliphatic hydroxyl groups is 1. The number of carboxylic acid groups (broad SMARTS) is 1. The first kappa shape index (κ1) is 37.8. The number of methoxy groups -OCH3 is 1. The fraction of sp³-hybridized carbons (Fsp3) is 0.326. The van der Waals surface area contributed by atoms with Gasteiger partial charge in [0.1, 0.15) is 17.3 Å². The Labute approximate surface area is 316 Å². The first-order valence-electron chi connectivity index (χ1n) is 18.2. The van der Waals surface area contributed by atoms with E-state index in [4.69, 9.17) is 14.1 Å². The molecule has 12 heteroatoms. The van der Waals surface area contributed by atoms with Crippen molar-refractivity contribution in [1.82, 2.24) is 14.8 Å². The Morgan fingerprint density at radius 3 is 2.33 bits per heavy atom. The molecule has 0 spiro atoms. The van der Waals surface area contributed by atoms with Crippen molar-refractivity contribution in [3.05, 3.63) is 105 Å². The minimum Gasteiger partial charge on any atom is -0.496 e. The second-order valence-electron chi connectivity index (χ2n) is 14.4. The van der Waals surface area contributed by atoms with Crippen LogP contribution in [0.4, 0.5) is 13.2 Å². The number of carboxylic acids is 1. The Kier molecular flexibility index (Phi) is 10.5. The van der Waals surface area contributed by atoms with Gasteiger partial charge in [0.05, 0.1) is 30.3 Å². The van der Waals surface area contributed by atoms with Crippen LogP contribution in [0, 0.1) is 31.1 Å². The summed E-state index contributed by atoms with van der Waals surface area (Å²) in [6, 6.07) is 19.9. The number of benzene rings is 4. The summed E-state index contributed by atoms with van der Waals surface area (Å²) in [5.74, 6) is -0.503. The van der Waals surface area contributed by atoms with Crippen LogP contribution in [-0.2, 0) is 24.1 Å². The number of ether oxygens (including phenoxy) is 1. The summed E-state index contributed by atoms with van der Waals surface area (Å²) in [5, 5.41) is 29.3. The smallest absolute Gasteiger partial charge is 0.417 e. The average molecular weight is 751 g/mol. The first-order chi connectivity index (χ1) is 26.3. The van der Waals surface area contributed by atoms with Crippen molar-refractivity contribution < 1.29 is 37.3 Å². The van der Waals surface area contributed by atoms with E-state index >= 15 is 0 Å². The summed E-state index contributed by atoms with van der Waals surface area (Å²) in [7, 11) is 1.44. The Morgan fingerprint density at radius 1 is 0.964 bits per heavy atom. The van der Waals surface area contributed by atoms with Crippen molar-refractivity contribution in [1.29, 1.82) is 5.26 Å². The summed E-state index contributed by atoms with van der Waals surface area (Å²) >= 11 is 0. The lowest BCUT2D eigenvalue weighted by atomic mass is 9.91. The fourth-order valence-corrected chi connectivity index (χ4v) is 7.82. The van der Waals surface area contributed by atoms with E-state index in [2.05, 4.69) is 11.0 Å². The van der Waals surface area contributed by atoms with E-state index in [1.54, 1.807) is 12.1 Å². The number of nitriles is 1. The molecule has 2 atom stereocenters. The van der Waals surface area contributed by atoms with Gasteiger partial charge in [-0.05, 0) is 103 Å². The molecular weight excluding hydrogens is 709 g/mol. The number of aliphatic hydroxyl groups excluding tert-OH is 1. The van der Waals surface area contributed by atoms with Gasteiger partial charge >= 0.3 is 12.1 Å². The van der Waals surface area contributed by atoms with E-state index < -0.39 is 29.7 Å². The maximum atomic E-state index is 14.4. The van der Waals surface area contributed by atoms with Crippen molar-refractivity contribution in [3.63, 3.8) is 0 Å². The normalized spacial score (nSPS) is 18.1. The number of rotatable bonds is 10. The number of likely N-dealkylation sites (tertiary alicyclic amines) is 2. The van der Waals surface area contributed by atoms with Gasteiger partial charge in [0.25, 0.3) is 0 Å². The van der Waals surface area contributed by atoms with Crippen molar-refractivity contribution in [2.75, 3.05) is 33.3 Å². The monoisotopic (exact) mass is 750 g/mol. The second kappa shape index (κ2) is 15.3. The Bertz CT molecular complexity index is 2340. The van der Waals surface area contributed by atoms with Crippen LogP contribution in [0.1, 0.15) is 57.3 Å². The standard InChI is InChI=1S/C43H41F3N4O5/c1-25-28(10-11-29-19-39(54-3)32(18-37(29)43(44,45)46)23-50-15-13-33(51)24-50)6-4-7-34(25)35-8-5-9-36(26(35)2)41-48-38-17-27(16-31(20-47)40(38)55-41)21-49-14-12-30(22-49)42(52)53/h4-11,16-19,30,33,51H,12-15,21-24H2,1-3H3,(H,52,53)/b11-10+/t30-,33+/m1/s1. The highest BCUT2D eigenvalue weighted by Crippen LogP contribution is 2.39. The molecule has 2 fully saturated rings. The number of oxazole rings is 1. The molecule has 2 saturated heterocycles. The number of hydrogen-bond donors (Lipinski definition) is 2. The molecule has 2 N–H and O–H groups in total. The molecule has 5 aromatic rings. The van der Waals surface area contributed by atoms with Crippen LogP contribution in [-0.4, -0.2) is 70.4 Å². The van der Waals surface area contributed by atoms with Crippen LogP contribution in [0.2, 0.25) is 0 Å². The van der Waals surface area contributed by atoms with Crippen molar-refractivity contribution in [2.45, 2.75) is 52.1 Å². The lowest BCUT2D eigenvalue weighted by Gasteiger charge is -2.20. The molecule has 3 heterocycles. The third-order valence-corrected chi connectivity index (χ3v) is 10.8. The van der Waals surface area contributed by atoms with Gasteiger partial charge in [-0.3, -0.25) is 14.6 Å². The molecule has 7 rings (SSSR count). The quantitative estimate of drug-likeness (QED) is 0.136. The van der Waals surface area contributed by atoms with Gasteiger partial charge in [0.15, 0.2) is 5.58 Å². The van der Waals surface area contributed by atoms with Crippen LogP contribution >= 0.6 is 0 Å². The average Bonchev–Trinajstić information content (AvgIpc) is 3.91. The zero-order valence-corrected chi connectivity index (χ0v) is 30.8. The van der Waals surface area contributed by atoms with Gasteiger partial charge in [-0.25, -0.2) is 4.98 Å². The van der Waals surface area contributed by atoms with Crippen LogP contribution in [0.5, 0.6) is 5.75 Å². The molecule has 9 nitrogen and oxygen atoms in total. The van der Waals surface area contributed by atoms with Crippen molar-refractivity contribution in [3.8, 4) is 34.4 Å². The Morgan fingerprint density at radius 2 is 1.65 bits per heavy atom. The number of alkyl halides is 3. The molecule has 0 bridgehead atoms. The minimum absolute atomic E-state index is 0.0155. The second-order valence-corrected chi connectivity index (χ2v) is 14.4. The van der Waals surface area contributed by atoms with Gasteiger partial charge in [-0.15, -0.1) is 0 Å². The number of carbonyl (C=O) groups is 1. The molecule has 0 radical (unpaired) electrons. The number of hydrogen-bond acceptors (Lipinski definition) is 8. The predicted octanol–water partition coefficient (Wildman–Crippen LogP) is 8.32. The van der Waals surface area contributed by atoms with Gasteiger partial charge < -0.3 is 19.4 Å². The van der Waals surface area contributed by atoms with Gasteiger partial charge in [-0.2, -0.15) is 18.4 Å². The van der Waals surface area contributed by atoms with Crippen molar-refractivity contribution >= 4 is 29.2 Å². The number of halogens is 3. The number of aliphatic carboxylic acids is 1. The molecule has 0 amide bonds. The molecule has 284 valence electrons. The van der Waals surface area contributed by atoms with Crippen LogP contribution < -0.4 is 4.74 Å². The van der Waals surface area contributed by atoms with Crippen LogP contribution in [0.15, 0.2) is 65.1 Å². The third kappa shape index (κ3) is 7.87. The van der Waals surface area contributed by atoms with Crippen LogP contribution in [0.3, 0.4) is 0 Å². The summed E-state index contributed by atoms with van der Waals surface area (Å²) in [5.41, 5.74) is 6.73. The molecule has 2 aliphatic heterocycles. The zero-order valence-electron chi connectivity index (χ0n) is 30.8. The fourth-order valence-electron chi connectivity index (χ4n) is 7.82. The molecule has 0 unspecified atom stereocenters. The maximum Gasteiger partial charge on any atom is 0.417 e. The summed E-state index contributed by atoms with van der Waals surface area (Å²) < 4.78 is 55.0. The van der Waals surface area contributed by atoms with Crippen molar-refractivity contribution in [2.24, 2.45) is 5.92 Å². The molecule has 1 aromatic heterocycles. The number of nitrogens with zero attached hydrogens (tertiary/aromatic N) is 4. The highest BCUT2D eigenvalue weighted by atomic mass is 19.4. The number of aromatic nitrogens is 1. The molecule has 0 aliphatic carbocycles. The largest absolute Gasteiger partial charge is 0.496 e. The van der Waals surface area contributed by atoms with E-state index in [0.29, 0.717) is 79.4 Å². The lowest BCUT2D eigenvalue weighted by Crippen LogP contribution is -2.22. The molecule has 2 aliphatic rings. The van der Waals surface area contributed by atoms with E-state index in [0.717, 1.165) is 45.0 Å². The van der Waals surface area contributed by atoms with E-state index in [1.807, 2.05) is 61.2 Å². The van der Waals surface area contributed by atoms with E-state index in [9.17, 15) is 33.4 Å². The van der Waals surface area contributed by atoms with E-state index in [-0.39, 0.29) is 12.1 Å². The SMILES string of the molecule is COc1cc(/C=C/c2cccc(-c3cccc(-c4nc5cc(CN6CC[C@@H](C(=O)O)C6)cc(C#N)c5o4)c3C)c2C)c(C(F)(F)F)cc1CN1CC[C@H](O)C1. The Hall–Kier alpha value is -5.48. The van der Waals surface area contributed by atoms with Crippen LogP contribution in [0.25, 0.3) is 45.8 Å². The topological polar surface area (TPSA) is 123 Å². The molecular formula is C43H41F3N4O5. The number of β-amino-alcohol motifs (C(OH)–C–C–N with tert-alkyl or cyclic N) is 1. The highest BCUT2D eigenvalue weighted by Gasteiger charge is 2.35. The first-order valence-corrected chi connectivity index (χ1v) is 18.2. The summed E-state index contributed by atoms with van der Waals surface area (Å²) in [6.45, 7) is 6.73. The van der Waals surface area contributed by atoms with Gasteiger partial charge in [0.2, 0.25) is 5.89 Å². The molecule has 4 aromatic carbocycles. The third-order valence-electron chi connectivity index (χ3n) is 10.8. The Balaban J connectivity index is 1.18. The number of fused-ring (bicyclic) bond motifs is 1. The summed E-state index contributed by atoms with van der Waals surface area (Å²) in [6.07, 6.45) is -0.768. The molecule has 55 heavy (non-hydrogen) atoms. The highest BCUT2D eigenvalue weighted by molar-refractivity contribution is 5.86. The minimum atomic E-state index is -4.60. The molecule has 0 saturated carbocycles. The predicted molar refractivity (Wildman–Crippen MR) is 203 cm³/mol.